The number of allylic oxidation sites excluding steroid dienone is 2. The summed E-state index contributed by atoms with van der Waals surface area (Å²) in [5, 5.41) is 8.68. The molecule has 4 heteroatoms. The first-order valence-electron chi connectivity index (χ1n) is 19.3. The van der Waals surface area contributed by atoms with E-state index in [-0.39, 0.29) is 6.04 Å². The minimum atomic E-state index is -0.292. The van der Waals surface area contributed by atoms with Crippen LogP contribution in [0.2, 0.25) is 0 Å². The van der Waals surface area contributed by atoms with Crippen molar-refractivity contribution in [3.05, 3.63) is 224 Å². The van der Waals surface area contributed by atoms with Crippen LogP contribution in [0.15, 0.2) is 212 Å². The van der Waals surface area contributed by atoms with Crippen molar-refractivity contribution in [3.63, 3.8) is 0 Å². The number of anilines is 1. The number of hydrogen-bond acceptors (Lipinski definition) is 3. The minimum absolute atomic E-state index is 0.292. The Bertz CT molecular complexity index is 3100. The molecule has 0 aliphatic rings. The molecule has 0 fully saturated rings. The summed E-state index contributed by atoms with van der Waals surface area (Å²) in [5.74, 6) is 0. The smallest absolute Gasteiger partial charge is 0.0541 e. The van der Waals surface area contributed by atoms with Crippen LogP contribution < -0.4 is 11.1 Å². The second-order valence-corrected chi connectivity index (χ2v) is 15.4. The van der Waals surface area contributed by atoms with Gasteiger partial charge in [0.2, 0.25) is 0 Å². The summed E-state index contributed by atoms with van der Waals surface area (Å²) >= 11 is 1.81. The van der Waals surface area contributed by atoms with Gasteiger partial charge in [-0.3, -0.25) is 0 Å². The molecule has 57 heavy (non-hydrogen) atoms. The number of nitrogens with one attached hydrogen (secondary N) is 1. The molecule has 0 amide bonds. The van der Waals surface area contributed by atoms with Gasteiger partial charge in [0.15, 0.2) is 0 Å². The molecule has 272 valence electrons. The summed E-state index contributed by atoms with van der Waals surface area (Å²) in [4.78, 5) is 0. The zero-order valence-electron chi connectivity index (χ0n) is 31.2. The average molecular weight is 750 g/mol. The molecule has 2 heterocycles. The Kier molecular flexibility index (Phi) is 9.04. The van der Waals surface area contributed by atoms with Gasteiger partial charge in [-0.25, -0.2) is 0 Å². The second-order valence-electron chi connectivity index (χ2n) is 14.4. The predicted molar refractivity (Wildman–Crippen MR) is 245 cm³/mol. The third-order valence-electron chi connectivity index (χ3n) is 10.9. The fraction of sp³-hybridized carbons (Fsp3) is 0.0189. The Morgan fingerprint density at radius 3 is 2.02 bits per heavy atom. The lowest BCUT2D eigenvalue weighted by molar-refractivity contribution is 0.926. The maximum Gasteiger partial charge on any atom is 0.0541 e. The first-order chi connectivity index (χ1) is 28.2. The van der Waals surface area contributed by atoms with Gasteiger partial charge in [0, 0.05) is 54.1 Å². The molecule has 0 bridgehead atoms. The highest BCUT2D eigenvalue weighted by atomic mass is 32.1. The van der Waals surface area contributed by atoms with Gasteiger partial charge in [-0.05, 0) is 88.0 Å². The van der Waals surface area contributed by atoms with Crippen molar-refractivity contribution < 1.29 is 0 Å². The highest BCUT2D eigenvalue weighted by molar-refractivity contribution is 7.26. The maximum atomic E-state index is 7.05. The molecule has 0 radical (unpaired) electrons. The van der Waals surface area contributed by atoms with E-state index < -0.39 is 0 Å². The van der Waals surface area contributed by atoms with Crippen LogP contribution in [0, 0.1) is 0 Å². The van der Waals surface area contributed by atoms with Crippen LogP contribution >= 0.6 is 11.3 Å². The number of thiophene rings is 1. The molecule has 10 rings (SSSR count). The molecule has 0 saturated heterocycles. The maximum absolute atomic E-state index is 7.05. The van der Waals surface area contributed by atoms with Crippen LogP contribution in [-0.2, 0) is 0 Å². The summed E-state index contributed by atoms with van der Waals surface area (Å²) in [6.07, 6.45) is 6.36. The van der Waals surface area contributed by atoms with E-state index in [1.54, 1.807) is 0 Å². The lowest BCUT2D eigenvalue weighted by Gasteiger charge is -2.14. The molecule has 10 aromatic rings. The zero-order chi connectivity index (χ0) is 38.1. The van der Waals surface area contributed by atoms with Crippen molar-refractivity contribution in [1.29, 1.82) is 0 Å². The fourth-order valence-corrected chi connectivity index (χ4v) is 9.39. The van der Waals surface area contributed by atoms with Gasteiger partial charge in [0.1, 0.15) is 0 Å². The Hall–Kier alpha value is -6.98. The Morgan fingerprint density at radius 2 is 1.19 bits per heavy atom. The number of rotatable bonds is 9. The first kappa shape index (κ1) is 34.5. The quantitative estimate of drug-likeness (QED) is 0.144. The van der Waals surface area contributed by atoms with Crippen molar-refractivity contribution in [1.82, 2.24) is 4.57 Å². The monoisotopic (exact) mass is 749 g/mol. The summed E-state index contributed by atoms with van der Waals surface area (Å²) < 4.78 is 4.88. The summed E-state index contributed by atoms with van der Waals surface area (Å²) in [6, 6.07) is 68.7. The van der Waals surface area contributed by atoms with E-state index in [0.29, 0.717) is 0 Å². The Balaban J connectivity index is 1.01. The normalized spacial score (nSPS) is 12.6. The highest BCUT2D eigenvalue weighted by Gasteiger charge is 2.16. The standard InChI is InChI=1S/C53H39N3S/c54-48(45-24-14-23-44-43-22-11-13-26-52(43)57-53(44)45)35-40(36-15-4-1-5-16-36)31-32-55-49-29-27-38(33-46(49)37-17-6-2-7-18-37)39-28-30-51-47(34-39)42-21-10-12-25-50(42)56(51)41-19-8-3-9-20-41/h1-35,48,55H,54H2/b32-31+,40-35+. The second kappa shape index (κ2) is 14.9. The van der Waals surface area contributed by atoms with Crippen LogP contribution in [0.5, 0.6) is 0 Å². The van der Waals surface area contributed by atoms with Crippen molar-refractivity contribution >= 4 is 64.6 Å². The van der Waals surface area contributed by atoms with Crippen LogP contribution in [0.3, 0.4) is 0 Å². The minimum Gasteiger partial charge on any atom is -0.361 e. The number of nitrogens with two attached hydrogens (primary N) is 1. The predicted octanol–water partition coefficient (Wildman–Crippen LogP) is 14.2. The summed E-state index contributed by atoms with van der Waals surface area (Å²) in [6.45, 7) is 0. The molecule has 8 aromatic carbocycles. The van der Waals surface area contributed by atoms with Crippen molar-refractivity contribution in [3.8, 4) is 27.9 Å². The van der Waals surface area contributed by atoms with E-state index in [0.717, 1.165) is 44.8 Å². The number of benzene rings is 8. The number of aromatic nitrogens is 1. The molecule has 0 spiro atoms. The molecule has 1 unspecified atom stereocenters. The Morgan fingerprint density at radius 1 is 0.544 bits per heavy atom. The van der Waals surface area contributed by atoms with Crippen molar-refractivity contribution in [2.45, 2.75) is 6.04 Å². The van der Waals surface area contributed by atoms with Gasteiger partial charge in [0.05, 0.1) is 17.1 Å². The third-order valence-corrected chi connectivity index (χ3v) is 12.1. The molecule has 1 atom stereocenters. The molecule has 0 saturated carbocycles. The third kappa shape index (κ3) is 6.51. The van der Waals surface area contributed by atoms with E-state index in [2.05, 4.69) is 210 Å². The summed E-state index contributed by atoms with van der Waals surface area (Å²) in [7, 11) is 0. The molecular formula is C53H39N3S. The van der Waals surface area contributed by atoms with Crippen LogP contribution in [0.25, 0.3) is 75.5 Å². The van der Waals surface area contributed by atoms with E-state index in [4.69, 9.17) is 5.73 Å². The highest BCUT2D eigenvalue weighted by Crippen LogP contribution is 2.40. The molecule has 3 N–H and O–H groups in total. The van der Waals surface area contributed by atoms with Gasteiger partial charge >= 0.3 is 0 Å². The molecule has 3 nitrogen and oxygen atoms in total. The van der Waals surface area contributed by atoms with Crippen LogP contribution in [0.1, 0.15) is 17.2 Å². The molecule has 2 aromatic heterocycles. The number of nitrogens with zero attached hydrogens (tertiary/aromatic N) is 1. The lowest BCUT2D eigenvalue weighted by atomic mass is 9.96. The average Bonchev–Trinajstić information content (AvgIpc) is 3.83. The van der Waals surface area contributed by atoms with Gasteiger partial charge < -0.3 is 15.6 Å². The molecule has 0 aliphatic carbocycles. The van der Waals surface area contributed by atoms with E-state index in [9.17, 15) is 0 Å². The number of fused-ring (bicyclic) bond motifs is 6. The van der Waals surface area contributed by atoms with Crippen LogP contribution in [-0.4, -0.2) is 4.57 Å². The largest absolute Gasteiger partial charge is 0.361 e. The SMILES string of the molecule is NC(/C=C(\C=C\Nc1ccc(-c2ccc3c(c2)c2ccccc2n3-c2ccccc2)cc1-c1ccccc1)c1ccccc1)c1cccc2c1sc1ccccc12. The topological polar surface area (TPSA) is 43.0 Å². The van der Waals surface area contributed by atoms with E-state index >= 15 is 0 Å². The van der Waals surface area contributed by atoms with E-state index in [1.165, 1.54) is 47.5 Å². The summed E-state index contributed by atoms with van der Waals surface area (Å²) in [5.41, 5.74) is 19.5. The molecular weight excluding hydrogens is 711 g/mol. The zero-order valence-corrected chi connectivity index (χ0v) is 32.0. The van der Waals surface area contributed by atoms with Crippen molar-refractivity contribution in [2.75, 3.05) is 5.32 Å². The van der Waals surface area contributed by atoms with Gasteiger partial charge in [0.25, 0.3) is 0 Å². The number of hydrogen-bond donors (Lipinski definition) is 2. The Labute approximate surface area is 336 Å². The van der Waals surface area contributed by atoms with Crippen molar-refractivity contribution in [2.24, 2.45) is 5.73 Å². The van der Waals surface area contributed by atoms with Gasteiger partial charge in [-0.15, -0.1) is 11.3 Å². The van der Waals surface area contributed by atoms with Gasteiger partial charge in [-0.2, -0.15) is 0 Å². The molecule has 0 aliphatic heterocycles. The first-order valence-corrected chi connectivity index (χ1v) is 20.2. The fourth-order valence-electron chi connectivity index (χ4n) is 8.13. The van der Waals surface area contributed by atoms with E-state index in [1.807, 2.05) is 23.6 Å². The van der Waals surface area contributed by atoms with Gasteiger partial charge in [-0.1, -0.05) is 152 Å². The van der Waals surface area contributed by atoms with Crippen LogP contribution in [0.4, 0.5) is 5.69 Å². The number of para-hydroxylation sites is 2. The lowest BCUT2D eigenvalue weighted by Crippen LogP contribution is -2.08.